The maximum atomic E-state index is 13.5. The summed E-state index contributed by atoms with van der Waals surface area (Å²) in [5.74, 6) is -0.333. The summed E-state index contributed by atoms with van der Waals surface area (Å²) in [6.45, 7) is 1.93. The number of aromatic nitrogens is 2. The van der Waals surface area contributed by atoms with Crippen LogP contribution in [-0.4, -0.2) is 21.4 Å². The minimum Gasteiger partial charge on any atom is -0.354 e. The molecule has 1 aromatic carbocycles. The minimum atomic E-state index is -0.849. The Morgan fingerprint density at radius 1 is 1.04 bits per heavy atom. The van der Waals surface area contributed by atoms with Crippen molar-refractivity contribution in [3.63, 3.8) is 0 Å². The second kappa shape index (κ2) is 6.67. The van der Waals surface area contributed by atoms with Gasteiger partial charge in [-0.1, -0.05) is 18.2 Å². The fourth-order valence-corrected chi connectivity index (χ4v) is 3.61. The van der Waals surface area contributed by atoms with Gasteiger partial charge in [-0.2, -0.15) is 4.39 Å². The number of hydrogen-bond donors (Lipinski definition) is 1. The Bertz CT molecular complexity index is 1060. The molecule has 1 aliphatic heterocycles. The van der Waals surface area contributed by atoms with Gasteiger partial charge in [0.25, 0.3) is 0 Å². The normalized spacial score (nSPS) is 21.3. The van der Waals surface area contributed by atoms with Crippen LogP contribution in [0.5, 0.6) is 0 Å². The van der Waals surface area contributed by atoms with Crippen LogP contribution in [0.4, 0.5) is 8.78 Å². The molecule has 0 bridgehead atoms. The Kier molecular flexibility index (Phi) is 4.30. The number of nitrogens with zero attached hydrogens (tertiary/aromatic N) is 3. The zero-order valence-corrected chi connectivity index (χ0v) is 15.4. The van der Waals surface area contributed by atoms with Crippen molar-refractivity contribution in [3.8, 4) is 0 Å². The van der Waals surface area contributed by atoms with Crippen LogP contribution in [-0.2, 0) is 12.6 Å². The van der Waals surface area contributed by atoms with Crippen LogP contribution in [0, 0.1) is 11.8 Å². The van der Waals surface area contributed by atoms with Gasteiger partial charge in [0.1, 0.15) is 17.2 Å². The lowest BCUT2D eigenvalue weighted by Crippen LogP contribution is -2.48. The smallest absolute Gasteiger partial charge is 0.250 e. The van der Waals surface area contributed by atoms with Crippen LogP contribution >= 0.6 is 0 Å². The molecule has 0 amide bonds. The fourth-order valence-electron chi connectivity index (χ4n) is 3.61. The Labute approximate surface area is 160 Å². The number of pyridine rings is 2. The molecule has 0 aliphatic carbocycles. The highest BCUT2D eigenvalue weighted by atomic mass is 19.1. The van der Waals surface area contributed by atoms with Crippen molar-refractivity contribution in [1.82, 2.24) is 14.9 Å². The highest BCUT2D eigenvalue weighted by molar-refractivity contribution is 6.01. The number of benzene rings is 1. The van der Waals surface area contributed by atoms with E-state index in [9.17, 15) is 13.6 Å². The Balaban J connectivity index is 1.85. The molecule has 0 fully saturated rings. The minimum absolute atomic E-state index is 0.122. The van der Waals surface area contributed by atoms with Gasteiger partial charge in [0.05, 0.1) is 6.04 Å². The standard InChI is InChI=1S/C21H18F2N4O/c1-13-21(15-4-7-17(22)8-5-15,16-6-9-18(23)24-11-16)26-20(25-13)14-3-10-19(28)27(2)12-14/h3-13H,1-2H3,(H,25,26)/t13-,21+/m0/s1. The van der Waals surface area contributed by atoms with Crippen LogP contribution in [0.25, 0.3) is 0 Å². The first-order chi connectivity index (χ1) is 13.4. The zero-order chi connectivity index (χ0) is 19.9. The summed E-state index contributed by atoms with van der Waals surface area (Å²) in [6.07, 6.45) is 3.16. The molecule has 0 spiro atoms. The molecule has 0 saturated carbocycles. The van der Waals surface area contributed by atoms with Crippen LogP contribution in [0.2, 0.25) is 0 Å². The molecule has 7 heteroatoms. The molecule has 4 rings (SSSR count). The molecular formula is C21H18F2N4O. The van der Waals surface area contributed by atoms with Gasteiger partial charge in [0, 0.05) is 36.6 Å². The van der Waals surface area contributed by atoms with E-state index in [1.54, 1.807) is 37.5 Å². The average Bonchev–Trinajstić information content (AvgIpc) is 3.03. The first kappa shape index (κ1) is 18.0. The monoisotopic (exact) mass is 380 g/mol. The van der Waals surface area contributed by atoms with Gasteiger partial charge in [-0.05, 0) is 36.8 Å². The second-order valence-electron chi connectivity index (χ2n) is 6.83. The van der Waals surface area contributed by atoms with Crippen LogP contribution in [0.3, 0.4) is 0 Å². The van der Waals surface area contributed by atoms with Gasteiger partial charge in [-0.25, -0.2) is 9.37 Å². The summed E-state index contributed by atoms with van der Waals surface area (Å²) in [6, 6.07) is 11.9. The van der Waals surface area contributed by atoms with E-state index in [4.69, 9.17) is 4.99 Å². The van der Waals surface area contributed by atoms with Crippen LogP contribution in [0.1, 0.15) is 23.6 Å². The number of aryl methyl sites for hydroxylation is 1. The lowest BCUT2D eigenvalue weighted by atomic mass is 9.79. The molecule has 2 atom stereocenters. The lowest BCUT2D eigenvalue weighted by molar-refractivity contribution is 0.430. The Morgan fingerprint density at radius 2 is 1.75 bits per heavy atom. The first-order valence-corrected chi connectivity index (χ1v) is 8.81. The molecule has 5 nitrogen and oxygen atoms in total. The second-order valence-corrected chi connectivity index (χ2v) is 6.83. The van der Waals surface area contributed by atoms with Crippen molar-refractivity contribution < 1.29 is 8.78 Å². The first-order valence-electron chi connectivity index (χ1n) is 8.81. The third kappa shape index (κ3) is 2.89. The molecule has 142 valence electrons. The number of aliphatic imine (C=N–C) groups is 1. The van der Waals surface area contributed by atoms with Crippen molar-refractivity contribution in [1.29, 1.82) is 0 Å². The summed E-state index contributed by atoms with van der Waals surface area (Å²) in [7, 11) is 1.67. The lowest BCUT2D eigenvalue weighted by Gasteiger charge is -2.34. The highest BCUT2D eigenvalue weighted by Gasteiger charge is 2.45. The number of rotatable bonds is 3. The molecular weight excluding hydrogens is 362 g/mol. The average molecular weight is 380 g/mol. The van der Waals surface area contributed by atoms with Gasteiger partial charge in [-0.15, -0.1) is 0 Å². The van der Waals surface area contributed by atoms with Crippen molar-refractivity contribution in [2.24, 2.45) is 12.0 Å². The number of hydrogen-bond acceptors (Lipinski definition) is 4. The SMILES string of the molecule is C[C@@H]1N=C(c2ccc(=O)n(C)c2)N[C@]1(c1ccc(F)cc1)c1ccc(F)nc1. The molecule has 3 heterocycles. The van der Waals surface area contributed by atoms with Gasteiger partial charge >= 0.3 is 0 Å². The van der Waals surface area contributed by atoms with Gasteiger partial charge in [0.15, 0.2) is 0 Å². The van der Waals surface area contributed by atoms with E-state index >= 15 is 0 Å². The van der Waals surface area contributed by atoms with E-state index in [0.29, 0.717) is 11.4 Å². The predicted octanol–water partition coefficient (Wildman–Crippen LogP) is 2.74. The quantitative estimate of drug-likeness (QED) is 0.711. The van der Waals surface area contributed by atoms with Crippen LogP contribution < -0.4 is 10.9 Å². The van der Waals surface area contributed by atoms with Crippen molar-refractivity contribution in [3.05, 3.63) is 99.7 Å². The maximum absolute atomic E-state index is 13.5. The van der Waals surface area contributed by atoms with Gasteiger partial charge in [-0.3, -0.25) is 9.79 Å². The Hall–Kier alpha value is -3.35. The van der Waals surface area contributed by atoms with Gasteiger partial charge < -0.3 is 9.88 Å². The molecule has 0 radical (unpaired) electrons. The molecule has 3 aromatic rings. The van der Waals surface area contributed by atoms with E-state index in [0.717, 1.165) is 11.1 Å². The largest absolute Gasteiger partial charge is 0.354 e. The number of nitrogens with one attached hydrogen (secondary N) is 1. The molecule has 1 N–H and O–H groups in total. The Morgan fingerprint density at radius 3 is 2.39 bits per heavy atom. The van der Waals surface area contributed by atoms with E-state index in [2.05, 4.69) is 10.3 Å². The van der Waals surface area contributed by atoms with E-state index in [1.807, 2.05) is 6.92 Å². The summed E-state index contributed by atoms with van der Waals surface area (Å²) in [4.78, 5) is 20.3. The maximum Gasteiger partial charge on any atom is 0.250 e. The van der Waals surface area contributed by atoms with Crippen molar-refractivity contribution >= 4 is 5.84 Å². The topological polar surface area (TPSA) is 59.3 Å². The molecule has 28 heavy (non-hydrogen) atoms. The molecule has 2 aromatic heterocycles. The van der Waals surface area contributed by atoms with Gasteiger partial charge in [0.2, 0.25) is 11.5 Å². The number of halogens is 2. The van der Waals surface area contributed by atoms with Crippen molar-refractivity contribution in [2.45, 2.75) is 18.5 Å². The molecule has 0 saturated heterocycles. The van der Waals surface area contributed by atoms with E-state index in [-0.39, 0.29) is 17.4 Å². The van der Waals surface area contributed by atoms with E-state index < -0.39 is 11.5 Å². The third-order valence-corrected chi connectivity index (χ3v) is 5.11. The molecule has 0 unspecified atom stereocenters. The summed E-state index contributed by atoms with van der Waals surface area (Å²) < 4.78 is 28.4. The van der Waals surface area contributed by atoms with Crippen LogP contribution in [0.15, 0.2) is 70.7 Å². The highest BCUT2D eigenvalue weighted by Crippen LogP contribution is 2.38. The summed E-state index contributed by atoms with van der Waals surface area (Å²) in [5, 5.41) is 3.44. The third-order valence-electron chi connectivity index (χ3n) is 5.11. The predicted molar refractivity (Wildman–Crippen MR) is 102 cm³/mol. The summed E-state index contributed by atoms with van der Waals surface area (Å²) >= 11 is 0. The zero-order valence-electron chi connectivity index (χ0n) is 15.4. The molecule has 1 aliphatic rings. The number of amidine groups is 1. The fraction of sp³-hybridized carbons (Fsp3) is 0.190. The van der Waals surface area contributed by atoms with Crippen molar-refractivity contribution in [2.75, 3.05) is 0 Å². The van der Waals surface area contributed by atoms with E-state index in [1.165, 1.54) is 35.0 Å². The summed E-state index contributed by atoms with van der Waals surface area (Å²) in [5.41, 5.74) is 1.25.